The summed E-state index contributed by atoms with van der Waals surface area (Å²) in [7, 11) is 4.49. The van der Waals surface area contributed by atoms with Crippen LogP contribution in [0.1, 0.15) is 0 Å². The van der Waals surface area contributed by atoms with Gasteiger partial charge in [-0.05, 0) is 0 Å². The molecule has 0 saturated heterocycles. The average Bonchev–Trinajstić information content (AvgIpc) is 2.49. The second-order valence-corrected chi connectivity index (χ2v) is 3.72. The summed E-state index contributed by atoms with van der Waals surface area (Å²) in [6.45, 7) is -0.0913. The van der Waals surface area contributed by atoms with Gasteiger partial charge in [-0.3, -0.25) is 4.79 Å². The molecule has 20 heavy (non-hydrogen) atoms. The van der Waals surface area contributed by atoms with Crippen LogP contribution in [0.3, 0.4) is 0 Å². The van der Waals surface area contributed by atoms with Crippen molar-refractivity contribution in [3.05, 3.63) is 12.1 Å². The molecule has 112 valence electrons. The first-order chi connectivity index (χ1) is 9.65. The molecule has 0 aromatic heterocycles. The summed E-state index contributed by atoms with van der Waals surface area (Å²) in [5, 5.41) is 11.1. The Morgan fingerprint density at radius 1 is 1.15 bits per heavy atom. The van der Waals surface area contributed by atoms with Gasteiger partial charge in [0.15, 0.2) is 18.1 Å². The van der Waals surface area contributed by atoms with E-state index < -0.39 is 0 Å². The SMILES string of the molecule is COc1cc(OCC(=O)NCCO)cc(OC)c1OC. The number of aliphatic hydroxyl groups excluding tert-OH is 1. The first kappa shape index (κ1) is 15.9. The zero-order valence-electron chi connectivity index (χ0n) is 11.8. The molecule has 0 atom stereocenters. The van der Waals surface area contributed by atoms with Crippen molar-refractivity contribution in [3.63, 3.8) is 0 Å². The second-order valence-electron chi connectivity index (χ2n) is 3.72. The first-order valence-electron chi connectivity index (χ1n) is 5.96. The van der Waals surface area contributed by atoms with Crippen molar-refractivity contribution in [1.82, 2.24) is 5.32 Å². The Morgan fingerprint density at radius 2 is 1.75 bits per heavy atom. The normalized spacial score (nSPS) is 9.80. The smallest absolute Gasteiger partial charge is 0.258 e. The molecule has 2 N–H and O–H groups in total. The molecule has 0 aliphatic carbocycles. The van der Waals surface area contributed by atoms with E-state index in [0.717, 1.165) is 0 Å². The van der Waals surface area contributed by atoms with Gasteiger partial charge in [0, 0.05) is 18.7 Å². The number of carbonyl (C=O) groups excluding carboxylic acids is 1. The monoisotopic (exact) mass is 285 g/mol. The molecule has 1 aromatic rings. The van der Waals surface area contributed by atoms with Gasteiger partial charge in [-0.1, -0.05) is 0 Å². The van der Waals surface area contributed by atoms with Crippen LogP contribution in [0.25, 0.3) is 0 Å². The van der Waals surface area contributed by atoms with E-state index in [-0.39, 0.29) is 25.7 Å². The van der Waals surface area contributed by atoms with E-state index in [2.05, 4.69) is 5.32 Å². The molecule has 0 spiro atoms. The first-order valence-corrected chi connectivity index (χ1v) is 5.96. The maximum atomic E-state index is 11.4. The molecular formula is C13H19NO6. The number of hydrogen-bond acceptors (Lipinski definition) is 6. The van der Waals surface area contributed by atoms with Crippen LogP contribution in [-0.2, 0) is 4.79 Å². The lowest BCUT2D eigenvalue weighted by Gasteiger charge is -2.14. The zero-order chi connectivity index (χ0) is 15.0. The number of carbonyl (C=O) groups is 1. The number of benzene rings is 1. The van der Waals surface area contributed by atoms with Gasteiger partial charge >= 0.3 is 0 Å². The molecule has 1 aromatic carbocycles. The largest absolute Gasteiger partial charge is 0.493 e. The van der Waals surface area contributed by atoms with E-state index in [9.17, 15) is 4.79 Å². The topological polar surface area (TPSA) is 86.3 Å². The minimum atomic E-state index is -0.326. The highest BCUT2D eigenvalue weighted by molar-refractivity contribution is 5.77. The van der Waals surface area contributed by atoms with E-state index in [0.29, 0.717) is 23.0 Å². The number of aliphatic hydroxyl groups is 1. The van der Waals surface area contributed by atoms with Crippen molar-refractivity contribution >= 4 is 5.91 Å². The molecule has 0 aliphatic heterocycles. The van der Waals surface area contributed by atoms with Crippen molar-refractivity contribution in [2.75, 3.05) is 41.1 Å². The Labute approximate surface area is 117 Å². The molecule has 0 unspecified atom stereocenters. The van der Waals surface area contributed by atoms with Gasteiger partial charge in [-0.15, -0.1) is 0 Å². The van der Waals surface area contributed by atoms with Crippen LogP contribution in [0.2, 0.25) is 0 Å². The number of ether oxygens (including phenoxy) is 4. The van der Waals surface area contributed by atoms with Gasteiger partial charge in [-0.2, -0.15) is 0 Å². The van der Waals surface area contributed by atoms with Crippen LogP contribution in [0.15, 0.2) is 12.1 Å². The quantitative estimate of drug-likeness (QED) is 0.709. The predicted octanol–water partition coefficient (Wildman–Crippen LogP) is 0.200. The predicted molar refractivity (Wildman–Crippen MR) is 71.7 cm³/mol. The van der Waals surface area contributed by atoms with Crippen LogP contribution in [0.5, 0.6) is 23.0 Å². The number of methoxy groups -OCH3 is 3. The molecule has 0 heterocycles. The number of nitrogens with one attached hydrogen (secondary N) is 1. The highest BCUT2D eigenvalue weighted by atomic mass is 16.5. The van der Waals surface area contributed by atoms with Crippen molar-refractivity contribution in [2.24, 2.45) is 0 Å². The highest BCUT2D eigenvalue weighted by Gasteiger charge is 2.14. The van der Waals surface area contributed by atoms with Crippen LogP contribution in [0, 0.1) is 0 Å². The van der Waals surface area contributed by atoms with Gasteiger partial charge in [0.25, 0.3) is 5.91 Å². The third-order valence-electron chi connectivity index (χ3n) is 2.44. The molecule has 0 saturated carbocycles. The highest BCUT2D eigenvalue weighted by Crippen LogP contribution is 2.40. The summed E-state index contributed by atoms with van der Waals surface area (Å²) in [5.74, 6) is 1.42. The maximum absolute atomic E-state index is 11.4. The van der Waals surface area contributed by atoms with E-state index in [1.165, 1.54) is 21.3 Å². The average molecular weight is 285 g/mol. The molecule has 1 amide bonds. The van der Waals surface area contributed by atoms with Crippen LogP contribution < -0.4 is 24.3 Å². The molecular weight excluding hydrogens is 266 g/mol. The third-order valence-corrected chi connectivity index (χ3v) is 2.44. The van der Waals surface area contributed by atoms with Crippen LogP contribution >= 0.6 is 0 Å². The molecule has 7 heteroatoms. The summed E-state index contributed by atoms with van der Waals surface area (Å²) in [5.41, 5.74) is 0. The van der Waals surface area contributed by atoms with E-state index in [4.69, 9.17) is 24.1 Å². The summed E-state index contributed by atoms with van der Waals surface area (Å²) < 4.78 is 20.9. The molecule has 0 fully saturated rings. The Kier molecular flexibility index (Phi) is 6.45. The van der Waals surface area contributed by atoms with Gasteiger partial charge < -0.3 is 29.4 Å². The lowest BCUT2D eigenvalue weighted by Crippen LogP contribution is -2.31. The number of rotatable bonds is 8. The fourth-order valence-corrected chi connectivity index (χ4v) is 1.54. The van der Waals surface area contributed by atoms with E-state index in [1.807, 2.05) is 0 Å². The lowest BCUT2D eigenvalue weighted by molar-refractivity contribution is -0.123. The van der Waals surface area contributed by atoms with Crippen LogP contribution in [-0.4, -0.2) is 52.1 Å². The van der Waals surface area contributed by atoms with Crippen LogP contribution in [0.4, 0.5) is 0 Å². The van der Waals surface area contributed by atoms with Crippen molar-refractivity contribution in [1.29, 1.82) is 0 Å². The summed E-state index contributed by atoms with van der Waals surface area (Å²) in [6, 6.07) is 3.20. The van der Waals surface area contributed by atoms with Crippen molar-refractivity contribution in [3.8, 4) is 23.0 Å². The fraction of sp³-hybridized carbons (Fsp3) is 0.462. The minimum absolute atomic E-state index is 0.115. The zero-order valence-corrected chi connectivity index (χ0v) is 11.8. The van der Waals surface area contributed by atoms with Gasteiger partial charge in [0.1, 0.15) is 5.75 Å². The molecule has 0 radical (unpaired) electrons. The van der Waals surface area contributed by atoms with Crippen molar-refractivity contribution in [2.45, 2.75) is 0 Å². The Morgan fingerprint density at radius 3 is 2.20 bits per heavy atom. The second kappa shape index (κ2) is 8.11. The Bertz CT molecular complexity index is 423. The number of amides is 1. The van der Waals surface area contributed by atoms with Crippen molar-refractivity contribution < 1.29 is 28.8 Å². The van der Waals surface area contributed by atoms with E-state index in [1.54, 1.807) is 12.1 Å². The van der Waals surface area contributed by atoms with Gasteiger partial charge in [0.05, 0.1) is 27.9 Å². The molecule has 1 rings (SSSR count). The summed E-state index contributed by atoms with van der Waals surface area (Å²) in [4.78, 5) is 11.4. The molecule has 0 bridgehead atoms. The van der Waals surface area contributed by atoms with Gasteiger partial charge in [-0.25, -0.2) is 0 Å². The minimum Gasteiger partial charge on any atom is -0.493 e. The maximum Gasteiger partial charge on any atom is 0.258 e. The number of hydrogen-bond donors (Lipinski definition) is 2. The standard InChI is InChI=1S/C13H19NO6/c1-17-10-6-9(7-11(18-2)13(10)19-3)20-8-12(16)14-4-5-15/h6-7,15H,4-5,8H2,1-3H3,(H,14,16). The summed E-state index contributed by atoms with van der Waals surface area (Å²) >= 11 is 0. The lowest BCUT2D eigenvalue weighted by atomic mass is 10.2. The molecule has 7 nitrogen and oxygen atoms in total. The van der Waals surface area contributed by atoms with Gasteiger partial charge in [0.2, 0.25) is 5.75 Å². The Hall–Kier alpha value is -2.15. The molecule has 0 aliphatic rings. The van der Waals surface area contributed by atoms with E-state index >= 15 is 0 Å². The Balaban J connectivity index is 2.78. The fourth-order valence-electron chi connectivity index (χ4n) is 1.54. The summed E-state index contributed by atoms with van der Waals surface area (Å²) in [6.07, 6.45) is 0. The third kappa shape index (κ3) is 4.20.